The Kier molecular flexibility index (Phi) is 10.6. The summed E-state index contributed by atoms with van der Waals surface area (Å²) in [4.78, 5) is 28.1. The molecule has 1 atom stereocenters. The zero-order valence-corrected chi connectivity index (χ0v) is 24.3. The van der Waals surface area contributed by atoms with Gasteiger partial charge in [0.05, 0.1) is 22.7 Å². The van der Waals surface area contributed by atoms with Gasteiger partial charge in [0.15, 0.2) is 0 Å². The van der Waals surface area contributed by atoms with Crippen LogP contribution in [0.25, 0.3) is 0 Å². The highest BCUT2D eigenvalue weighted by molar-refractivity contribution is 7.92. The average molecular weight is 593 g/mol. The van der Waals surface area contributed by atoms with Crippen molar-refractivity contribution in [1.29, 1.82) is 0 Å². The smallest absolute Gasteiger partial charge is 0.264 e. The maximum Gasteiger partial charge on any atom is 0.264 e. The summed E-state index contributed by atoms with van der Waals surface area (Å²) in [7, 11) is -2.75. The van der Waals surface area contributed by atoms with E-state index in [2.05, 4.69) is 5.32 Å². The van der Waals surface area contributed by atoms with Crippen molar-refractivity contribution in [3.05, 3.63) is 88.4 Å². The summed E-state index contributed by atoms with van der Waals surface area (Å²) in [5, 5.41) is 3.46. The number of ether oxygens (including phenoxy) is 1. The molecule has 0 aromatic heterocycles. The molecular weight excluding hydrogens is 561 g/mol. The summed E-state index contributed by atoms with van der Waals surface area (Å²) in [6, 6.07) is 18.3. The molecule has 0 saturated carbocycles. The molecule has 0 radical (unpaired) electrons. The molecule has 8 nitrogen and oxygen atoms in total. The van der Waals surface area contributed by atoms with Gasteiger partial charge in [-0.3, -0.25) is 13.9 Å². The molecule has 2 amide bonds. The van der Waals surface area contributed by atoms with Crippen LogP contribution in [0.4, 0.5) is 5.69 Å². The lowest BCUT2D eigenvalue weighted by molar-refractivity contribution is -0.139. The normalized spacial score (nSPS) is 11.9. The Hall–Kier alpha value is -3.27. The Balaban J connectivity index is 2.04. The van der Waals surface area contributed by atoms with Gasteiger partial charge in [0, 0.05) is 18.1 Å². The van der Waals surface area contributed by atoms with Gasteiger partial charge in [-0.2, -0.15) is 0 Å². The van der Waals surface area contributed by atoms with Gasteiger partial charge in [-0.1, -0.05) is 60.5 Å². The predicted octanol–water partition coefficient (Wildman–Crippen LogP) is 5.14. The number of halogens is 2. The number of sulfonamides is 1. The van der Waals surface area contributed by atoms with Crippen LogP contribution >= 0.6 is 23.2 Å². The van der Waals surface area contributed by atoms with Crippen LogP contribution in [0.1, 0.15) is 25.8 Å². The highest BCUT2D eigenvalue weighted by Gasteiger charge is 2.32. The van der Waals surface area contributed by atoms with Crippen LogP contribution in [0.15, 0.2) is 77.7 Å². The van der Waals surface area contributed by atoms with Crippen LogP contribution in [-0.2, 0) is 26.2 Å². The minimum absolute atomic E-state index is 0.000121. The lowest BCUT2D eigenvalue weighted by atomic mass is 10.1. The van der Waals surface area contributed by atoms with Crippen molar-refractivity contribution in [3.8, 4) is 5.75 Å². The highest BCUT2D eigenvalue weighted by Crippen LogP contribution is 2.32. The summed E-state index contributed by atoms with van der Waals surface area (Å²) in [5.74, 6) is -0.578. The monoisotopic (exact) mass is 591 g/mol. The minimum atomic E-state index is -4.19. The topological polar surface area (TPSA) is 96.0 Å². The van der Waals surface area contributed by atoms with Gasteiger partial charge < -0.3 is 15.0 Å². The van der Waals surface area contributed by atoms with Gasteiger partial charge in [-0.05, 0) is 61.4 Å². The SMILES string of the molecule is CCCNC(=O)[C@H](C)N(Cc1cccc(Cl)c1)C(=O)CN(c1ccc(OC)c(Cl)c1)S(=O)(=O)c1ccccc1. The van der Waals surface area contributed by atoms with E-state index in [1.165, 1.54) is 42.3 Å². The Bertz CT molecular complexity index is 1400. The fraction of sp³-hybridized carbons (Fsp3) is 0.286. The van der Waals surface area contributed by atoms with Crippen molar-refractivity contribution < 1.29 is 22.7 Å². The molecule has 0 aliphatic rings. The molecular formula is C28H31Cl2N3O5S. The third-order valence-electron chi connectivity index (χ3n) is 5.99. The number of benzene rings is 3. The first kappa shape index (κ1) is 30.3. The molecule has 3 aromatic carbocycles. The molecule has 0 fully saturated rings. The molecule has 208 valence electrons. The zero-order chi connectivity index (χ0) is 28.6. The first-order chi connectivity index (χ1) is 18.6. The number of nitrogens with zero attached hydrogens (tertiary/aromatic N) is 2. The molecule has 0 saturated heterocycles. The summed E-state index contributed by atoms with van der Waals surface area (Å²) < 4.78 is 33.8. The van der Waals surface area contributed by atoms with E-state index in [0.29, 0.717) is 22.9 Å². The van der Waals surface area contributed by atoms with Crippen molar-refractivity contribution in [1.82, 2.24) is 10.2 Å². The Morgan fingerprint density at radius 2 is 1.72 bits per heavy atom. The van der Waals surface area contributed by atoms with Crippen LogP contribution in [0.2, 0.25) is 10.0 Å². The number of amides is 2. The number of nitrogens with one attached hydrogen (secondary N) is 1. The second-order valence-electron chi connectivity index (χ2n) is 8.76. The zero-order valence-electron chi connectivity index (χ0n) is 21.9. The third kappa shape index (κ3) is 7.65. The number of hydrogen-bond acceptors (Lipinski definition) is 5. The van der Waals surface area contributed by atoms with Crippen LogP contribution in [0.3, 0.4) is 0 Å². The molecule has 0 aliphatic carbocycles. The number of carbonyl (C=O) groups excluding carboxylic acids is 2. The largest absolute Gasteiger partial charge is 0.495 e. The predicted molar refractivity (Wildman–Crippen MR) is 154 cm³/mol. The van der Waals surface area contributed by atoms with Crippen molar-refractivity contribution >= 4 is 50.7 Å². The highest BCUT2D eigenvalue weighted by atomic mass is 35.5. The van der Waals surface area contributed by atoms with Crippen molar-refractivity contribution in [2.75, 3.05) is 24.5 Å². The van der Waals surface area contributed by atoms with Crippen LogP contribution in [0.5, 0.6) is 5.75 Å². The first-order valence-electron chi connectivity index (χ1n) is 12.3. The average Bonchev–Trinajstić information content (AvgIpc) is 2.93. The quantitative estimate of drug-likeness (QED) is 0.314. The lowest BCUT2D eigenvalue weighted by Gasteiger charge is -2.32. The van der Waals surface area contributed by atoms with Crippen molar-refractivity contribution in [2.45, 2.75) is 37.8 Å². The Labute approximate surface area is 239 Å². The van der Waals surface area contributed by atoms with Crippen LogP contribution < -0.4 is 14.4 Å². The van der Waals surface area contributed by atoms with E-state index in [0.717, 1.165) is 10.7 Å². The molecule has 0 aliphatic heterocycles. The van der Waals surface area contributed by atoms with E-state index in [-0.39, 0.29) is 28.1 Å². The molecule has 3 aromatic rings. The summed E-state index contributed by atoms with van der Waals surface area (Å²) in [6.45, 7) is 3.44. The molecule has 0 bridgehead atoms. The van der Waals surface area contributed by atoms with Gasteiger partial charge in [0.2, 0.25) is 11.8 Å². The number of carbonyl (C=O) groups is 2. The fourth-order valence-corrected chi connectivity index (χ4v) is 5.76. The number of anilines is 1. The molecule has 1 N–H and O–H groups in total. The second kappa shape index (κ2) is 13.7. The minimum Gasteiger partial charge on any atom is -0.495 e. The van der Waals surface area contributed by atoms with Crippen molar-refractivity contribution in [2.24, 2.45) is 0 Å². The van der Waals surface area contributed by atoms with Gasteiger partial charge in [-0.25, -0.2) is 8.42 Å². The Morgan fingerprint density at radius 3 is 2.33 bits per heavy atom. The molecule has 0 unspecified atom stereocenters. The standard InChI is InChI=1S/C28H31Cl2N3O5S/c1-4-15-31-28(35)20(2)32(18-21-9-8-10-22(29)16-21)27(34)19-33(23-13-14-26(38-3)25(30)17-23)39(36,37)24-11-6-5-7-12-24/h5-14,16-17,20H,4,15,18-19H2,1-3H3,(H,31,35)/t20-/m0/s1. The van der Waals surface area contributed by atoms with Gasteiger partial charge in [0.25, 0.3) is 10.0 Å². The summed E-state index contributed by atoms with van der Waals surface area (Å²) in [6.07, 6.45) is 0.724. The van der Waals surface area contributed by atoms with E-state index < -0.39 is 28.5 Å². The summed E-state index contributed by atoms with van der Waals surface area (Å²) in [5.41, 5.74) is 0.861. The van der Waals surface area contributed by atoms with E-state index in [9.17, 15) is 18.0 Å². The molecule has 11 heteroatoms. The van der Waals surface area contributed by atoms with E-state index >= 15 is 0 Å². The third-order valence-corrected chi connectivity index (χ3v) is 8.31. The van der Waals surface area contributed by atoms with Gasteiger partial charge >= 0.3 is 0 Å². The lowest BCUT2D eigenvalue weighted by Crippen LogP contribution is -2.51. The maximum absolute atomic E-state index is 13.9. The van der Waals surface area contributed by atoms with Gasteiger partial charge in [-0.15, -0.1) is 0 Å². The van der Waals surface area contributed by atoms with E-state index in [4.69, 9.17) is 27.9 Å². The number of methoxy groups -OCH3 is 1. The van der Waals surface area contributed by atoms with E-state index in [1.54, 1.807) is 49.4 Å². The molecule has 3 rings (SSSR count). The van der Waals surface area contributed by atoms with Crippen LogP contribution in [0, 0.1) is 0 Å². The summed E-state index contributed by atoms with van der Waals surface area (Å²) >= 11 is 12.5. The molecule has 39 heavy (non-hydrogen) atoms. The second-order valence-corrected chi connectivity index (χ2v) is 11.5. The molecule has 0 heterocycles. The maximum atomic E-state index is 13.9. The van der Waals surface area contributed by atoms with Crippen molar-refractivity contribution in [3.63, 3.8) is 0 Å². The van der Waals surface area contributed by atoms with Gasteiger partial charge in [0.1, 0.15) is 18.3 Å². The number of hydrogen-bond donors (Lipinski definition) is 1. The fourth-order valence-electron chi connectivity index (χ4n) is 3.87. The molecule has 0 spiro atoms. The Morgan fingerprint density at radius 1 is 1.00 bits per heavy atom. The van der Waals surface area contributed by atoms with E-state index in [1.807, 2.05) is 6.92 Å². The van der Waals surface area contributed by atoms with Crippen LogP contribution in [-0.4, -0.2) is 51.4 Å². The number of rotatable bonds is 12. The first-order valence-corrected chi connectivity index (χ1v) is 14.5.